The van der Waals surface area contributed by atoms with Gasteiger partial charge in [0.25, 0.3) is 0 Å². The number of benzene rings is 5. The number of hydrogen-bond donors (Lipinski definition) is 0. The molecule has 0 saturated heterocycles. The molecule has 1 aliphatic carbocycles. The average molecular weight is 621 g/mol. The normalized spacial score (nSPS) is 13.3. The van der Waals surface area contributed by atoms with Crippen LogP contribution in [0.5, 0.6) is 5.75 Å². The lowest BCUT2D eigenvalue weighted by Crippen LogP contribution is -2.48. The second-order valence-electron chi connectivity index (χ2n) is 15.5. The quantitative estimate of drug-likeness (QED) is 0.130. The van der Waals surface area contributed by atoms with E-state index in [1.807, 2.05) is 6.08 Å². The predicted molar refractivity (Wildman–Crippen MR) is 201 cm³/mol. The van der Waals surface area contributed by atoms with Crippen molar-refractivity contribution in [3.63, 3.8) is 0 Å². The first-order valence-electron chi connectivity index (χ1n) is 16.6. The Morgan fingerprint density at radius 3 is 1.57 bits per heavy atom. The lowest BCUT2D eigenvalue weighted by Gasteiger charge is -2.33. The second-order valence-corrected chi connectivity index (χ2v) is 20.1. The minimum absolute atomic E-state index is 0.0935. The average Bonchev–Trinajstić information content (AvgIpc) is 3.37. The lowest BCUT2D eigenvalue weighted by atomic mass is 9.85. The summed E-state index contributed by atoms with van der Waals surface area (Å²) in [5.41, 5.74) is 13.9. The highest BCUT2D eigenvalue weighted by atomic mass is 28.3. The van der Waals surface area contributed by atoms with Crippen LogP contribution in [0.3, 0.4) is 0 Å². The molecule has 1 aliphatic rings. The Morgan fingerprint density at radius 1 is 0.609 bits per heavy atom. The van der Waals surface area contributed by atoms with Crippen LogP contribution in [-0.2, 0) is 10.8 Å². The zero-order valence-corrected chi connectivity index (χ0v) is 29.9. The van der Waals surface area contributed by atoms with Gasteiger partial charge in [-0.1, -0.05) is 170 Å². The van der Waals surface area contributed by atoms with Crippen molar-refractivity contribution in [3.8, 4) is 39.1 Å². The maximum Gasteiger partial charge on any atom is 0.119 e. The van der Waals surface area contributed by atoms with Crippen molar-refractivity contribution < 1.29 is 4.74 Å². The number of fused-ring (bicyclic) bond motifs is 3. The predicted octanol–water partition coefficient (Wildman–Crippen LogP) is 11.4. The van der Waals surface area contributed by atoms with Crippen LogP contribution in [0.15, 0.2) is 122 Å². The third-order valence-electron chi connectivity index (χ3n) is 9.80. The number of ether oxygens (including phenoxy) is 1. The van der Waals surface area contributed by atoms with Crippen molar-refractivity contribution in [3.05, 3.63) is 144 Å². The summed E-state index contributed by atoms with van der Waals surface area (Å²) in [5, 5.41) is 1.35. The Kier molecular flexibility index (Phi) is 8.23. The Morgan fingerprint density at radius 2 is 1.09 bits per heavy atom. The van der Waals surface area contributed by atoms with Gasteiger partial charge in [0, 0.05) is 5.54 Å². The van der Waals surface area contributed by atoms with E-state index in [1.165, 1.54) is 60.8 Å². The summed E-state index contributed by atoms with van der Waals surface area (Å²) in [6, 6.07) is 41.2. The molecule has 0 bridgehead atoms. The van der Waals surface area contributed by atoms with E-state index in [4.69, 9.17) is 4.74 Å². The largest absolute Gasteiger partial charge is 0.490 e. The van der Waals surface area contributed by atoms with Gasteiger partial charge < -0.3 is 4.74 Å². The first kappa shape index (κ1) is 31.8. The molecular weight excluding hydrogens is 573 g/mol. The molecule has 0 heterocycles. The van der Waals surface area contributed by atoms with Crippen molar-refractivity contribution in [1.29, 1.82) is 0 Å². The standard InChI is InChI=1S/C44H48OSi/c1-10-25-45-40-19-11-12-20-41(40)46(8,9)42-38-28-32(30-15-13-17-34(26-30)43(2,3)4)21-23-36(38)37-24-22-33(29-39(37)42)31-16-14-18-35(27-31)44(5,6)7/h10-24,26-29,42H,1,25H2,2-9H3. The van der Waals surface area contributed by atoms with Gasteiger partial charge in [-0.05, 0) is 77.7 Å². The molecule has 5 aromatic carbocycles. The summed E-state index contributed by atoms with van der Waals surface area (Å²) in [6.45, 7) is 23.2. The monoisotopic (exact) mass is 620 g/mol. The molecule has 0 fully saturated rings. The topological polar surface area (TPSA) is 9.23 Å². The Hall–Kier alpha value is -4.14. The van der Waals surface area contributed by atoms with Gasteiger partial charge in [0.1, 0.15) is 12.4 Å². The second kappa shape index (κ2) is 11.9. The molecule has 46 heavy (non-hydrogen) atoms. The highest BCUT2D eigenvalue weighted by Gasteiger charge is 2.43. The van der Waals surface area contributed by atoms with Gasteiger partial charge in [-0.15, -0.1) is 0 Å². The molecule has 0 atom stereocenters. The summed E-state index contributed by atoms with van der Waals surface area (Å²) >= 11 is 0. The van der Waals surface area contributed by atoms with Gasteiger partial charge >= 0.3 is 0 Å². The van der Waals surface area contributed by atoms with Crippen LogP contribution in [0.4, 0.5) is 0 Å². The summed E-state index contributed by atoms with van der Waals surface area (Å²) in [6.07, 6.45) is 1.83. The highest BCUT2D eigenvalue weighted by molar-refractivity contribution is 6.92. The first-order valence-corrected chi connectivity index (χ1v) is 19.7. The number of hydrogen-bond acceptors (Lipinski definition) is 1. The Balaban J connectivity index is 1.55. The summed E-state index contributed by atoms with van der Waals surface area (Å²) in [7, 11) is -2.23. The van der Waals surface area contributed by atoms with Crippen molar-refractivity contribution >= 4 is 13.3 Å². The minimum Gasteiger partial charge on any atom is -0.490 e. The number of rotatable bonds is 7. The van der Waals surface area contributed by atoms with Gasteiger partial charge in [0.2, 0.25) is 0 Å². The maximum atomic E-state index is 6.30. The maximum absolute atomic E-state index is 6.30. The zero-order valence-electron chi connectivity index (χ0n) is 28.9. The molecule has 0 amide bonds. The van der Waals surface area contributed by atoms with Crippen LogP contribution in [0.1, 0.15) is 69.3 Å². The van der Waals surface area contributed by atoms with E-state index >= 15 is 0 Å². The lowest BCUT2D eigenvalue weighted by molar-refractivity contribution is 0.366. The van der Waals surface area contributed by atoms with Crippen LogP contribution in [0, 0.1) is 0 Å². The van der Waals surface area contributed by atoms with Gasteiger partial charge in [0.05, 0.1) is 8.07 Å². The Labute approximate surface area is 278 Å². The van der Waals surface area contributed by atoms with Crippen LogP contribution in [0.2, 0.25) is 13.1 Å². The van der Waals surface area contributed by atoms with Gasteiger partial charge in [-0.25, -0.2) is 0 Å². The van der Waals surface area contributed by atoms with Crippen LogP contribution < -0.4 is 9.92 Å². The van der Waals surface area contributed by atoms with E-state index in [-0.39, 0.29) is 16.4 Å². The van der Waals surface area contributed by atoms with Gasteiger partial charge in [-0.3, -0.25) is 0 Å². The molecule has 1 nitrogen and oxygen atoms in total. The third-order valence-corrected chi connectivity index (χ3v) is 13.7. The van der Waals surface area contributed by atoms with E-state index in [9.17, 15) is 0 Å². The molecule has 5 aromatic rings. The van der Waals surface area contributed by atoms with E-state index in [2.05, 4.69) is 170 Å². The van der Waals surface area contributed by atoms with Crippen molar-refractivity contribution in [2.45, 2.75) is 71.0 Å². The zero-order chi connectivity index (χ0) is 32.9. The molecular formula is C44H48OSi. The van der Waals surface area contributed by atoms with Gasteiger partial charge in [0.15, 0.2) is 0 Å². The smallest absolute Gasteiger partial charge is 0.119 e. The SMILES string of the molecule is C=CCOc1ccccc1[Si](C)(C)C1c2cc(-c3cccc(C(C)(C)C)c3)ccc2-c2ccc(-c3cccc(C(C)(C)C)c3)cc21. The summed E-state index contributed by atoms with van der Waals surface area (Å²) in [4.78, 5) is 0. The molecule has 0 saturated carbocycles. The fourth-order valence-electron chi connectivity index (χ4n) is 7.16. The molecule has 6 rings (SSSR count). The highest BCUT2D eigenvalue weighted by Crippen LogP contribution is 2.51. The van der Waals surface area contributed by atoms with E-state index in [0.717, 1.165) is 5.75 Å². The minimum atomic E-state index is -2.23. The van der Waals surface area contributed by atoms with Crippen LogP contribution in [-0.4, -0.2) is 14.7 Å². The molecule has 0 aliphatic heterocycles. The van der Waals surface area contributed by atoms with E-state index < -0.39 is 8.07 Å². The molecule has 0 N–H and O–H groups in total. The molecule has 2 heteroatoms. The van der Waals surface area contributed by atoms with Crippen molar-refractivity contribution in [2.24, 2.45) is 0 Å². The first-order chi connectivity index (χ1) is 21.8. The molecule has 234 valence electrons. The molecule has 0 aromatic heterocycles. The molecule has 0 unspecified atom stereocenters. The third kappa shape index (κ3) is 5.92. The van der Waals surface area contributed by atoms with Crippen molar-refractivity contribution in [2.75, 3.05) is 6.61 Å². The summed E-state index contributed by atoms with van der Waals surface area (Å²) < 4.78 is 6.30. The Bertz CT molecular complexity index is 1810. The fourth-order valence-corrected chi connectivity index (χ4v) is 10.8. The summed E-state index contributed by atoms with van der Waals surface area (Å²) in [5.74, 6) is 0.983. The van der Waals surface area contributed by atoms with Crippen LogP contribution >= 0.6 is 0 Å². The van der Waals surface area contributed by atoms with Crippen LogP contribution in [0.25, 0.3) is 33.4 Å². The fraction of sp³-hybridized carbons (Fsp3) is 0.273. The number of para-hydroxylation sites is 1. The van der Waals surface area contributed by atoms with E-state index in [0.29, 0.717) is 6.61 Å². The molecule has 0 spiro atoms. The van der Waals surface area contributed by atoms with Crippen molar-refractivity contribution in [1.82, 2.24) is 0 Å². The van der Waals surface area contributed by atoms with Gasteiger partial charge in [-0.2, -0.15) is 0 Å². The van der Waals surface area contributed by atoms with E-state index in [1.54, 1.807) is 0 Å². The molecule has 0 radical (unpaired) electrons.